The Labute approximate surface area is 96.3 Å². The van der Waals surface area contributed by atoms with Gasteiger partial charge in [0.1, 0.15) is 17.0 Å². The summed E-state index contributed by atoms with van der Waals surface area (Å²) in [5.74, 6) is -0.933. The van der Waals surface area contributed by atoms with Gasteiger partial charge in [0.05, 0.1) is 0 Å². The van der Waals surface area contributed by atoms with E-state index >= 15 is 0 Å². The molecule has 0 spiro atoms. The molecule has 4 nitrogen and oxygen atoms in total. The Morgan fingerprint density at radius 1 is 1.29 bits per heavy atom. The van der Waals surface area contributed by atoms with Gasteiger partial charge in [0.15, 0.2) is 0 Å². The lowest BCUT2D eigenvalue weighted by Crippen LogP contribution is -2.27. The molecule has 2 aromatic rings. The Morgan fingerprint density at radius 3 is 2.65 bits per heavy atom. The van der Waals surface area contributed by atoms with Gasteiger partial charge in [-0.15, -0.1) is 0 Å². The third-order valence-electron chi connectivity index (χ3n) is 2.33. The van der Waals surface area contributed by atoms with E-state index in [0.29, 0.717) is 5.39 Å². The Hall–Kier alpha value is -2.17. The lowest BCUT2D eigenvalue weighted by molar-refractivity contribution is 0.0823. The summed E-state index contributed by atoms with van der Waals surface area (Å²) in [7, 11) is 3.08. The monoisotopic (exact) mass is 235 g/mol. The molecule has 0 unspecified atom stereocenters. The third kappa shape index (κ3) is 2.04. The summed E-state index contributed by atoms with van der Waals surface area (Å²) < 4.78 is 17.8. The third-order valence-corrected chi connectivity index (χ3v) is 2.33. The molecule has 17 heavy (non-hydrogen) atoms. The number of halogens is 1. The Kier molecular flexibility index (Phi) is 2.67. The van der Waals surface area contributed by atoms with Gasteiger partial charge in [-0.05, 0) is 18.2 Å². The van der Waals surface area contributed by atoms with Crippen LogP contribution in [-0.2, 0) is 0 Å². The van der Waals surface area contributed by atoms with E-state index < -0.39 is 17.3 Å². The molecule has 88 valence electrons. The number of fused-ring (bicyclic) bond motifs is 1. The number of carbonyl (C=O) groups is 1. The molecule has 2 rings (SSSR count). The lowest BCUT2D eigenvalue weighted by atomic mass is 10.1. The highest BCUT2D eigenvalue weighted by Crippen LogP contribution is 2.15. The molecule has 0 aliphatic rings. The van der Waals surface area contributed by atoms with Gasteiger partial charge in [-0.25, -0.2) is 9.18 Å². The molecule has 0 radical (unpaired) electrons. The molecule has 1 amide bonds. The van der Waals surface area contributed by atoms with Crippen LogP contribution in [0.2, 0.25) is 0 Å². The molecule has 0 saturated carbocycles. The number of hydrogen-bond donors (Lipinski definition) is 0. The van der Waals surface area contributed by atoms with E-state index in [1.54, 1.807) is 0 Å². The van der Waals surface area contributed by atoms with E-state index in [2.05, 4.69) is 0 Å². The summed E-state index contributed by atoms with van der Waals surface area (Å²) in [4.78, 5) is 24.5. The van der Waals surface area contributed by atoms with Gasteiger partial charge in [-0.1, -0.05) is 0 Å². The second-order valence-corrected chi connectivity index (χ2v) is 3.83. The minimum atomic E-state index is -0.762. The quantitative estimate of drug-likeness (QED) is 0.706. The number of rotatable bonds is 1. The van der Waals surface area contributed by atoms with Crippen molar-refractivity contribution in [1.82, 2.24) is 4.90 Å². The average molecular weight is 235 g/mol. The van der Waals surface area contributed by atoms with Crippen LogP contribution < -0.4 is 5.63 Å². The van der Waals surface area contributed by atoms with Crippen molar-refractivity contribution < 1.29 is 13.6 Å². The largest absolute Gasteiger partial charge is 0.422 e. The standard InChI is InChI=1S/C12H10FNO3/c1-14(2)11(15)9-5-7-3-4-8(13)6-10(7)17-12(9)16/h3-6H,1-2H3. The molecular formula is C12H10FNO3. The average Bonchev–Trinajstić information content (AvgIpc) is 2.27. The number of hydrogen-bond acceptors (Lipinski definition) is 3. The number of carbonyl (C=O) groups excluding carboxylic acids is 1. The fourth-order valence-electron chi connectivity index (χ4n) is 1.48. The van der Waals surface area contributed by atoms with E-state index in [0.717, 1.165) is 6.07 Å². The molecule has 0 bridgehead atoms. The van der Waals surface area contributed by atoms with Crippen molar-refractivity contribution in [3.63, 3.8) is 0 Å². The highest BCUT2D eigenvalue weighted by Gasteiger charge is 2.15. The fourth-order valence-corrected chi connectivity index (χ4v) is 1.48. The minimum absolute atomic E-state index is 0.0610. The maximum atomic E-state index is 12.9. The van der Waals surface area contributed by atoms with Crippen LogP contribution in [0.25, 0.3) is 11.0 Å². The highest BCUT2D eigenvalue weighted by atomic mass is 19.1. The van der Waals surface area contributed by atoms with Crippen molar-refractivity contribution in [2.45, 2.75) is 0 Å². The number of nitrogens with zero attached hydrogens (tertiary/aromatic N) is 1. The topological polar surface area (TPSA) is 50.5 Å². The molecule has 0 atom stereocenters. The number of benzene rings is 1. The van der Waals surface area contributed by atoms with E-state index in [1.165, 1.54) is 37.2 Å². The van der Waals surface area contributed by atoms with Gasteiger partial charge in [-0.3, -0.25) is 4.79 Å². The fraction of sp³-hybridized carbons (Fsp3) is 0.167. The van der Waals surface area contributed by atoms with Gasteiger partial charge >= 0.3 is 5.63 Å². The summed E-state index contributed by atoms with van der Waals surface area (Å²) in [6.07, 6.45) is 0. The summed E-state index contributed by atoms with van der Waals surface area (Å²) >= 11 is 0. The second-order valence-electron chi connectivity index (χ2n) is 3.83. The van der Waals surface area contributed by atoms with Gasteiger partial charge in [0, 0.05) is 25.5 Å². The Morgan fingerprint density at radius 2 is 2.00 bits per heavy atom. The van der Waals surface area contributed by atoms with Crippen LogP contribution >= 0.6 is 0 Å². The van der Waals surface area contributed by atoms with Crippen LogP contribution in [0, 0.1) is 5.82 Å². The predicted octanol–water partition coefficient (Wildman–Crippen LogP) is 1.63. The molecule has 1 aromatic heterocycles. The van der Waals surface area contributed by atoms with Crippen LogP contribution in [0.4, 0.5) is 4.39 Å². The second kappa shape index (κ2) is 4.01. The first-order valence-electron chi connectivity index (χ1n) is 4.94. The van der Waals surface area contributed by atoms with E-state index in [1.807, 2.05) is 0 Å². The van der Waals surface area contributed by atoms with Gasteiger partial charge in [0.25, 0.3) is 5.91 Å². The molecule has 5 heteroatoms. The van der Waals surface area contributed by atoms with Crippen molar-refractivity contribution in [3.05, 3.63) is 46.1 Å². The Balaban J connectivity index is 2.68. The van der Waals surface area contributed by atoms with E-state index in [-0.39, 0.29) is 11.1 Å². The molecule has 0 fully saturated rings. The summed E-state index contributed by atoms with van der Waals surface area (Å²) in [6, 6.07) is 5.22. The van der Waals surface area contributed by atoms with Gasteiger partial charge < -0.3 is 9.32 Å². The van der Waals surface area contributed by atoms with Crippen molar-refractivity contribution in [1.29, 1.82) is 0 Å². The molecule has 1 heterocycles. The highest BCUT2D eigenvalue weighted by molar-refractivity contribution is 5.96. The van der Waals surface area contributed by atoms with Crippen LogP contribution in [0.5, 0.6) is 0 Å². The first kappa shape index (κ1) is 11.3. The first-order valence-corrected chi connectivity index (χ1v) is 4.94. The molecule has 0 aliphatic carbocycles. The van der Waals surface area contributed by atoms with Crippen molar-refractivity contribution in [2.24, 2.45) is 0 Å². The van der Waals surface area contributed by atoms with Gasteiger partial charge in [0.2, 0.25) is 0 Å². The molecule has 0 aliphatic heterocycles. The molecule has 0 saturated heterocycles. The van der Waals surface area contributed by atoms with Gasteiger partial charge in [-0.2, -0.15) is 0 Å². The smallest absolute Gasteiger partial charge is 0.349 e. The molecular weight excluding hydrogens is 225 g/mol. The summed E-state index contributed by atoms with van der Waals surface area (Å²) in [5, 5.41) is 0.510. The number of amides is 1. The van der Waals surface area contributed by atoms with Crippen LogP contribution in [0.15, 0.2) is 33.5 Å². The zero-order chi connectivity index (χ0) is 12.6. The van der Waals surface area contributed by atoms with E-state index in [4.69, 9.17) is 4.42 Å². The van der Waals surface area contributed by atoms with Crippen molar-refractivity contribution >= 4 is 16.9 Å². The van der Waals surface area contributed by atoms with Crippen LogP contribution in [0.3, 0.4) is 0 Å². The van der Waals surface area contributed by atoms with Crippen molar-refractivity contribution in [2.75, 3.05) is 14.1 Å². The lowest BCUT2D eigenvalue weighted by Gasteiger charge is -2.09. The normalized spacial score (nSPS) is 10.5. The summed E-state index contributed by atoms with van der Waals surface area (Å²) in [6.45, 7) is 0. The zero-order valence-corrected chi connectivity index (χ0v) is 9.36. The maximum absolute atomic E-state index is 12.9. The first-order chi connectivity index (χ1) is 7.99. The maximum Gasteiger partial charge on any atom is 0.349 e. The van der Waals surface area contributed by atoms with E-state index in [9.17, 15) is 14.0 Å². The SMILES string of the molecule is CN(C)C(=O)c1cc2ccc(F)cc2oc1=O. The molecule has 0 N–H and O–H groups in total. The summed E-state index contributed by atoms with van der Waals surface area (Å²) in [5.41, 5.74) is -0.693. The van der Waals surface area contributed by atoms with Crippen LogP contribution in [-0.4, -0.2) is 24.9 Å². The Bertz CT molecular complexity index is 646. The van der Waals surface area contributed by atoms with Crippen molar-refractivity contribution in [3.8, 4) is 0 Å². The minimum Gasteiger partial charge on any atom is -0.422 e. The molecule has 1 aromatic carbocycles. The zero-order valence-electron chi connectivity index (χ0n) is 9.36. The van der Waals surface area contributed by atoms with Crippen LogP contribution in [0.1, 0.15) is 10.4 Å². The predicted molar refractivity (Wildman–Crippen MR) is 60.5 cm³/mol.